The zero-order valence-corrected chi connectivity index (χ0v) is 10.2. The Labute approximate surface area is 57.3 Å². The summed E-state index contributed by atoms with van der Waals surface area (Å²) >= 11 is -3.61. The zero-order chi connectivity index (χ0) is 3.58. The summed E-state index contributed by atoms with van der Waals surface area (Å²) < 4.78 is 23.3. The average molecular weight is 387 g/mol. The van der Waals surface area contributed by atoms with Crippen molar-refractivity contribution in [3.63, 3.8) is 0 Å². The Kier molecular flexibility index (Phi) is 10.5. The van der Waals surface area contributed by atoms with Gasteiger partial charge in [-0.15, -0.1) is 0 Å². The second-order valence-corrected chi connectivity index (χ2v) is 1.55. The fourth-order valence-corrected chi connectivity index (χ4v) is 0. The molecule has 32 valence electrons. The van der Waals surface area contributed by atoms with Crippen molar-refractivity contribution in [2.75, 3.05) is 0 Å². The van der Waals surface area contributed by atoms with E-state index in [0.717, 1.165) is 0 Å². The molecule has 2 radical (unpaired) electrons. The first kappa shape index (κ1) is 9.66. The van der Waals surface area contributed by atoms with Gasteiger partial charge in [-0.05, 0) is 0 Å². The van der Waals surface area contributed by atoms with Crippen LogP contribution in [0.5, 0.6) is 0 Å². The topological polar surface area (TPSA) is 57.5 Å². The van der Waals surface area contributed by atoms with E-state index in [1.54, 1.807) is 0 Å². The summed E-state index contributed by atoms with van der Waals surface area (Å²) in [6.07, 6.45) is 0. The number of rotatable bonds is 0. The average Bonchev–Trinajstić information content (AvgIpc) is 0.811. The van der Waals surface area contributed by atoms with E-state index in [0.29, 0.717) is 0 Å². The standard InChI is InChI=1S/H2O3Te.Pb.2H/c1-4(2)3;;;/h(H2,1,2,3);;;. The van der Waals surface area contributed by atoms with Crippen LogP contribution in [-0.4, -0.2) is 54.6 Å². The Bertz CT molecular complexity index is 29.9. The normalized spacial score (nSPS) is 7.00. The second kappa shape index (κ2) is 5.43. The van der Waals surface area contributed by atoms with Crippen LogP contribution in [-0.2, 0) is 3.10 Å². The van der Waals surface area contributed by atoms with E-state index in [1.807, 2.05) is 0 Å². The van der Waals surface area contributed by atoms with E-state index < -0.39 is 20.4 Å². The van der Waals surface area contributed by atoms with Crippen molar-refractivity contribution in [3.05, 3.63) is 0 Å². The van der Waals surface area contributed by atoms with Crippen LogP contribution in [0.25, 0.3) is 0 Å². The first-order chi connectivity index (χ1) is 1.73. The van der Waals surface area contributed by atoms with Gasteiger partial charge in [-0.25, -0.2) is 0 Å². The molecule has 0 aromatic heterocycles. The van der Waals surface area contributed by atoms with Crippen LogP contribution < -0.4 is 0 Å². The van der Waals surface area contributed by atoms with Crippen molar-refractivity contribution >= 4 is 47.7 Å². The summed E-state index contributed by atoms with van der Waals surface area (Å²) in [6, 6.07) is 0. The summed E-state index contributed by atoms with van der Waals surface area (Å²) in [5.41, 5.74) is 0. The zero-order valence-electron chi connectivity index (χ0n) is 2.42. The molecule has 0 aliphatic rings. The quantitative estimate of drug-likeness (QED) is 0.452. The van der Waals surface area contributed by atoms with E-state index in [1.165, 1.54) is 0 Å². The van der Waals surface area contributed by atoms with Gasteiger partial charge in [-0.3, -0.25) is 0 Å². The van der Waals surface area contributed by atoms with Gasteiger partial charge in [0.1, 0.15) is 0 Å². The summed E-state index contributed by atoms with van der Waals surface area (Å²) in [6.45, 7) is 0. The predicted molar refractivity (Wildman–Crippen MR) is 19.4 cm³/mol. The predicted octanol–water partition coefficient (Wildman–Crippen LogP) is -2.53. The molecule has 3 nitrogen and oxygen atoms in total. The molecule has 5 heteroatoms. The minimum atomic E-state index is -3.61. The van der Waals surface area contributed by atoms with Gasteiger partial charge in [-0.2, -0.15) is 0 Å². The molecule has 0 unspecified atom stereocenters. The molecule has 0 rings (SSSR count). The van der Waals surface area contributed by atoms with Crippen LogP contribution in [0.2, 0.25) is 0 Å². The Morgan fingerprint density at radius 3 is 1.40 bits per heavy atom. The van der Waals surface area contributed by atoms with Crippen LogP contribution in [0.1, 0.15) is 0 Å². The number of hydrogen-bond acceptors (Lipinski definition) is 1. The van der Waals surface area contributed by atoms with Gasteiger partial charge in [0, 0.05) is 0 Å². The van der Waals surface area contributed by atoms with Crippen LogP contribution in [0.3, 0.4) is 0 Å². The molecule has 0 bridgehead atoms. The molecule has 0 aliphatic heterocycles. The third-order valence-corrected chi connectivity index (χ3v) is 0. The molecule has 0 fully saturated rings. The minimum absolute atomic E-state index is 0. The first-order valence-electron chi connectivity index (χ1n) is 0.532. The summed E-state index contributed by atoms with van der Waals surface area (Å²) in [7, 11) is 0. The molecular formula is H4O3PbTe. The van der Waals surface area contributed by atoms with Gasteiger partial charge < -0.3 is 0 Å². The number of hydrogen-bond donors (Lipinski definition) is 2. The molecule has 0 saturated heterocycles. The summed E-state index contributed by atoms with van der Waals surface area (Å²) in [5, 5.41) is 0. The van der Waals surface area contributed by atoms with E-state index in [-0.39, 0.29) is 27.3 Å². The van der Waals surface area contributed by atoms with Crippen molar-refractivity contribution in [1.82, 2.24) is 0 Å². The molecule has 0 atom stereocenters. The Balaban J connectivity index is 0. The Morgan fingerprint density at radius 2 is 1.40 bits per heavy atom. The van der Waals surface area contributed by atoms with Crippen LogP contribution in [0.4, 0.5) is 0 Å². The van der Waals surface area contributed by atoms with E-state index in [9.17, 15) is 0 Å². The molecule has 0 amide bonds. The van der Waals surface area contributed by atoms with Gasteiger partial charge in [0.05, 0.1) is 0 Å². The van der Waals surface area contributed by atoms with E-state index in [4.69, 9.17) is 10.0 Å². The third-order valence-electron chi connectivity index (χ3n) is 0. The van der Waals surface area contributed by atoms with Crippen LogP contribution >= 0.6 is 0 Å². The molecule has 0 aliphatic carbocycles. The second-order valence-electron chi connectivity index (χ2n) is 0.231. The van der Waals surface area contributed by atoms with Crippen molar-refractivity contribution in [2.45, 2.75) is 0 Å². The van der Waals surface area contributed by atoms with Crippen molar-refractivity contribution in [2.24, 2.45) is 0 Å². The van der Waals surface area contributed by atoms with E-state index >= 15 is 0 Å². The Morgan fingerprint density at radius 1 is 1.40 bits per heavy atom. The fourth-order valence-electron chi connectivity index (χ4n) is 0. The molecular weight excluding hydrogens is 383 g/mol. The first-order valence-corrected chi connectivity index (χ1v) is 3.57. The van der Waals surface area contributed by atoms with Crippen molar-refractivity contribution < 1.29 is 10.0 Å². The molecule has 0 aromatic carbocycles. The maximum atomic E-state index is 8.81. The van der Waals surface area contributed by atoms with Crippen LogP contribution in [0.15, 0.2) is 0 Å². The molecule has 0 saturated carbocycles. The van der Waals surface area contributed by atoms with Crippen molar-refractivity contribution in [1.29, 1.82) is 0 Å². The van der Waals surface area contributed by atoms with Gasteiger partial charge in [0.2, 0.25) is 0 Å². The van der Waals surface area contributed by atoms with Gasteiger partial charge in [-0.1, -0.05) is 0 Å². The fraction of sp³-hybridized carbons (Fsp3) is 0. The van der Waals surface area contributed by atoms with Gasteiger partial charge in [0.25, 0.3) is 0 Å². The Hall–Kier alpha value is 1.43. The SMILES string of the molecule is O=[Te](O)O.[PbH2]. The monoisotopic (exact) mass is 390 g/mol. The van der Waals surface area contributed by atoms with Gasteiger partial charge >= 0.3 is 57.7 Å². The molecule has 0 aromatic rings. The van der Waals surface area contributed by atoms with Gasteiger partial charge in [0.15, 0.2) is 0 Å². The molecule has 0 heterocycles. The summed E-state index contributed by atoms with van der Waals surface area (Å²) in [4.78, 5) is 0. The molecule has 0 spiro atoms. The maximum absolute atomic E-state index is 8.81. The molecule has 2 N–H and O–H groups in total. The van der Waals surface area contributed by atoms with Crippen LogP contribution in [0, 0.1) is 0 Å². The van der Waals surface area contributed by atoms with E-state index in [2.05, 4.69) is 0 Å². The summed E-state index contributed by atoms with van der Waals surface area (Å²) in [5.74, 6) is 0. The van der Waals surface area contributed by atoms with Crippen molar-refractivity contribution in [3.8, 4) is 0 Å². The third kappa shape index (κ3) is 31.2. The molecule has 5 heavy (non-hydrogen) atoms.